The highest BCUT2D eigenvalue weighted by Gasteiger charge is 2.36. The third-order valence-corrected chi connectivity index (χ3v) is 3.32. The first-order chi connectivity index (χ1) is 8.48. The molecule has 0 N–H and O–H groups in total. The van der Waals surface area contributed by atoms with Gasteiger partial charge in [-0.05, 0) is 32.6 Å². The van der Waals surface area contributed by atoms with Gasteiger partial charge in [-0.1, -0.05) is 0 Å². The van der Waals surface area contributed by atoms with E-state index >= 15 is 0 Å². The van der Waals surface area contributed by atoms with E-state index in [-0.39, 0.29) is 12.4 Å². The van der Waals surface area contributed by atoms with Crippen LogP contribution in [0.25, 0.3) is 0 Å². The van der Waals surface area contributed by atoms with Gasteiger partial charge in [-0.3, -0.25) is 9.59 Å². The van der Waals surface area contributed by atoms with Crippen molar-refractivity contribution in [3.05, 3.63) is 0 Å². The fraction of sp³-hybridized carbons (Fsp3) is 0.846. The molecule has 5 heteroatoms. The minimum Gasteiger partial charge on any atom is -0.468 e. The molecule has 18 heavy (non-hydrogen) atoms. The fourth-order valence-electron chi connectivity index (χ4n) is 1.78. The summed E-state index contributed by atoms with van der Waals surface area (Å²) in [7, 11) is 1.28. The van der Waals surface area contributed by atoms with E-state index in [2.05, 4.69) is 4.74 Å². The number of carbonyl (C=O) groups excluding carboxylic acids is 2. The number of methoxy groups -OCH3 is 1. The zero-order valence-corrected chi connectivity index (χ0v) is 11.4. The summed E-state index contributed by atoms with van der Waals surface area (Å²) in [6.07, 6.45) is 1.93. The topological polar surface area (TPSA) is 61.8 Å². The van der Waals surface area contributed by atoms with E-state index in [4.69, 9.17) is 9.47 Å². The van der Waals surface area contributed by atoms with Crippen LogP contribution in [0.15, 0.2) is 0 Å². The number of hydrogen-bond acceptors (Lipinski definition) is 5. The van der Waals surface area contributed by atoms with Crippen molar-refractivity contribution in [2.75, 3.05) is 33.5 Å². The molecule has 0 aromatic heterocycles. The molecule has 5 nitrogen and oxygen atoms in total. The lowest BCUT2D eigenvalue weighted by Crippen LogP contribution is -2.37. The summed E-state index contributed by atoms with van der Waals surface area (Å²) in [6, 6.07) is 0. The number of carbonyl (C=O) groups is 2. The van der Waals surface area contributed by atoms with Crippen molar-refractivity contribution in [3.8, 4) is 0 Å². The Morgan fingerprint density at radius 1 is 1.28 bits per heavy atom. The van der Waals surface area contributed by atoms with Crippen molar-refractivity contribution in [2.24, 2.45) is 11.3 Å². The minimum atomic E-state index is -1.13. The Bertz CT molecular complexity index is 292. The van der Waals surface area contributed by atoms with Gasteiger partial charge in [0.15, 0.2) is 5.78 Å². The Kier molecular flexibility index (Phi) is 5.75. The van der Waals surface area contributed by atoms with Gasteiger partial charge >= 0.3 is 5.97 Å². The van der Waals surface area contributed by atoms with E-state index in [1.54, 1.807) is 13.8 Å². The van der Waals surface area contributed by atoms with E-state index in [1.807, 2.05) is 0 Å². The summed E-state index contributed by atoms with van der Waals surface area (Å²) in [6.45, 7) is 5.13. The molecule has 1 heterocycles. The summed E-state index contributed by atoms with van der Waals surface area (Å²) in [5.41, 5.74) is -1.13. The summed E-state index contributed by atoms with van der Waals surface area (Å²) in [4.78, 5) is 23.3. The van der Waals surface area contributed by atoms with Gasteiger partial charge in [-0.15, -0.1) is 0 Å². The van der Waals surface area contributed by atoms with Crippen molar-refractivity contribution in [1.82, 2.24) is 0 Å². The average molecular weight is 258 g/mol. The van der Waals surface area contributed by atoms with E-state index in [9.17, 15) is 9.59 Å². The van der Waals surface area contributed by atoms with E-state index in [1.165, 1.54) is 7.11 Å². The van der Waals surface area contributed by atoms with Crippen molar-refractivity contribution in [3.63, 3.8) is 0 Å². The Labute approximate surface area is 108 Å². The normalized spacial score (nSPS) is 17.5. The van der Waals surface area contributed by atoms with Crippen LogP contribution in [0.3, 0.4) is 0 Å². The van der Waals surface area contributed by atoms with Crippen molar-refractivity contribution in [2.45, 2.75) is 26.7 Å². The molecule has 0 aromatic carbocycles. The third-order valence-electron chi connectivity index (χ3n) is 3.32. The maximum absolute atomic E-state index is 11.9. The summed E-state index contributed by atoms with van der Waals surface area (Å²) in [5, 5.41) is 0. The number of hydrogen-bond donors (Lipinski definition) is 0. The number of esters is 1. The van der Waals surface area contributed by atoms with Crippen LogP contribution in [0.2, 0.25) is 0 Å². The monoisotopic (exact) mass is 258 g/mol. The lowest BCUT2D eigenvalue weighted by atomic mass is 9.88. The Morgan fingerprint density at radius 3 is 2.44 bits per heavy atom. The lowest BCUT2D eigenvalue weighted by molar-refractivity contribution is -0.157. The van der Waals surface area contributed by atoms with Crippen LogP contribution in [0, 0.1) is 11.3 Å². The first kappa shape index (κ1) is 15.1. The standard InChI is InChI=1S/C13H22O5/c1-13(2,12(15)16-3)11(14)9-18-8-10-4-6-17-7-5-10/h10H,4-9H2,1-3H3. The Balaban J connectivity index is 2.29. The number of ketones is 1. The smallest absolute Gasteiger partial charge is 0.318 e. The van der Waals surface area contributed by atoms with Crippen molar-refractivity contribution >= 4 is 11.8 Å². The van der Waals surface area contributed by atoms with Crippen LogP contribution in [0.4, 0.5) is 0 Å². The fourth-order valence-corrected chi connectivity index (χ4v) is 1.78. The van der Waals surface area contributed by atoms with E-state index < -0.39 is 11.4 Å². The van der Waals surface area contributed by atoms with Crippen molar-refractivity contribution < 1.29 is 23.8 Å². The zero-order chi connectivity index (χ0) is 13.6. The van der Waals surface area contributed by atoms with Crippen LogP contribution < -0.4 is 0 Å². The molecule has 0 atom stereocenters. The second kappa shape index (κ2) is 6.85. The molecular weight excluding hydrogens is 236 g/mol. The molecule has 1 aliphatic rings. The Hall–Kier alpha value is -0.940. The molecule has 0 saturated carbocycles. The first-order valence-corrected chi connectivity index (χ1v) is 6.25. The van der Waals surface area contributed by atoms with Gasteiger partial charge < -0.3 is 14.2 Å². The highest BCUT2D eigenvalue weighted by Crippen LogP contribution is 2.19. The molecule has 1 rings (SSSR count). The predicted molar refractivity (Wildman–Crippen MR) is 65.2 cm³/mol. The van der Waals surface area contributed by atoms with Gasteiger partial charge in [0, 0.05) is 13.2 Å². The first-order valence-electron chi connectivity index (χ1n) is 6.25. The van der Waals surface area contributed by atoms with E-state index in [0.717, 1.165) is 26.1 Å². The minimum absolute atomic E-state index is 0.0422. The highest BCUT2D eigenvalue weighted by molar-refractivity contribution is 6.03. The third kappa shape index (κ3) is 4.07. The summed E-state index contributed by atoms with van der Waals surface area (Å²) in [5.74, 6) is -0.323. The second-order valence-corrected chi connectivity index (χ2v) is 5.11. The molecule has 1 fully saturated rings. The largest absolute Gasteiger partial charge is 0.468 e. The SMILES string of the molecule is COC(=O)C(C)(C)C(=O)COCC1CCOCC1. The molecule has 1 aliphatic heterocycles. The van der Waals surface area contributed by atoms with Crippen LogP contribution in [-0.2, 0) is 23.8 Å². The zero-order valence-electron chi connectivity index (χ0n) is 11.4. The van der Waals surface area contributed by atoms with E-state index in [0.29, 0.717) is 12.5 Å². The molecule has 0 radical (unpaired) electrons. The maximum atomic E-state index is 11.9. The molecule has 0 unspecified atom stereocenters. The predicted octanol–water partition coefficient (Wildman–Crippen LogP) is 1.20. The summed E-state index contributed by atoms with van der Waals surface area (Å²) < 4.78 is 15.2. The molecule has 1 saturated heterocycles. The molecule has 0 bridgehead atoms. The molecular formula is C13H22O5. The summed E-state index contributed by atoms with van der Waals surface area (Å²) >= 11 is 0. The second-order valence-electron chi connectivity index (χ2n) is 5.11. The number of rotatable bonds is 6. The molecule has 0 spiro atoms. The highest BCUT2D eigenvalue weighted by atomic mass is 16.5. The molecule has 0 aliphatic carbocycles. The van der Waals surface area contributed by atoms with Crippen LogP contribution in [-0.4, -0.2) is 45.3 Å². The van der Waals surface area contributed by atoms with Crippen LogP contribution in [0.1, 0.15) is 26.7 Å². The van der Waals surface area contributed by atoms with Gasteiger partial charge in [0.25, 0.3) is 0 Å². The molecule has 0 amide bonds. The molecule has 0 aromatic rings. The van der Waals surface area contributed by atoms with Gasteiger partial charge in [-0.25, -0.2) is 0 Å². The molecule has 104 valence electrons. The van der Waals surface area contributed by atoms with Crippen LogP contribution >= 0.6 is 0 Å². The van der Waals surface area contributed by atoms with Gasteiger partial charge in [0.2, 0.25) is 0 Å². The number of Topliss-reactive ketones (excluding diaryl/α,β-unsaturated/α-hetero) is 1. The number of ether oxygens (including phenoxy) is 3. The maximum Gasteiger partial charge on any atom is 0.318 e. The van der Waals surface area contributed by atoms with Crippen LogP contribution in [0.5, 0.6) is 0 Å². The van der Waals surface area contributed by atoms with Crippen molar-refractivity contribution in [1.29, 1.82) is 0 Å². The van der Waals surface area contributed by atoms with Gasteiger partial charge in [0.1, 0.15) is 12.0 Å². The quantitative estimate of drug-likeness (QED) is 0.529. The van der Waals surface area contributed by atoms with Gasteiger partial charge in [0.05, 0.1) is 13.7 Å². The average Bonchev–Trinajstić information content (AvgIpc) is 2.38. The van der Waals surface area contributed by atoms with Gasteiger partial charge in [-0.2, -0.15) is 0 Å². The lowest BCUT2D eigenvalue weighted by Gasteiger charge is -2.23. The Morgan fingerprint density at radius 2 is 1.89 bits per heavy atom.